The summed E-state index contributed by atoms with van der Waals surface area (Å²) in [5, 5.41) is 4.77. The van der Waals surface area contributed by atoms with E-state index in [0.29, 0.717) is 17.1 Å². The SMILES string of the molecule is Cc1c(Cl)cnn1Cc1ccccc1C(=O)NN. The summed E-state index contributed by atoms with van der Waals surface area (Å²) in [5.74, 6) is 4.84. The van der Waals surface area contributed by atoms with Crippen molar-refractivity contribution in [2.45, 2.75) is 13.5 Å². The van der Waals surface area contributed by atoms with Crippen LogP contribution in [-0.4, -0.2) is 15.7 Å². The van der Waals surface area contributed by atoms with Gasteiger partial charge in [-0.1, -0.05) is 29.8 Å². The van der Waals surface area contributed by atoms with Gasteiger partial charge in [0.05, 0.1) is 23.5 Å². The van der Waals surface area contributed by atoms with Crippen LogP contribution in [0.1, 0.15) is 21.6 Å². The van der Waals surface area contributed by atoms with Crippen molar-refractivity contribution in [3.05, 3.63) is 52.3 Å². The van der Waals surface area contributed by atoms with E-state index in [2.05, 4.69) is 10.5 Å². The Balaban J connectivity index is 2.35. The van der Waals surface area contributed by atoms with Crippen molar-refractivity contribution >= 4 is 17.5 Å². The third-order valence-corrected chi connectivity index (χ3v) is 3.13. The van der Waals surface area contributed by atoms with E-state index in [1.54, 1.807) is 23.0 Å². The minimum absolute atomic E-state index is 0.318. The number of halogens is 1. The van der Waals surface area contributed by atoms with Gasteiger partial charge in [-0.3, -0.25) is 14.9 Å². The highest BCUT2D eigenvalue weighted by Crippen LogP contribution is 2.16. The molecule has 6 heteroatoms. The van der Waals surface area contributed by atoms with Gasteiger partial charge in [0.25, 0.3) is 5.91 Å². The molecule has 5 nitrogen and oxygen atoms in total. The Kier molecular flexibility index (Phi) is 3.64. The molecule has 2 aromatic rings. The summed E-state index contributed by atoms with van der Waals surface area (Å²) < 4.78 is 1.74. The Morgan fingerprint density at radius 1 is 1.50 bits per heavy atom. The average Bonchev–Trinajstić information content (AvgIpc) is 2.70. The number of nitrogen functional groups attached to an aromatic ring is 1. The van der Waals surface area contributed by atoms with Crippen LogP contribution in [0.15, 0.2) is 30.5 Å². The molecule has 0 bridgehead atoms. The quantitative estimate of drug-likeness (QED) is 0.501. The van der Waals surface area contributed by atoms with Crippen LogP contribution in [0.2, 0.25) is 5.02 Å². The summed E-state index contributed by atoms with van der Waals surface area (Å²) >= 11 is 5.94. The van der Waals surface area contributed by atoms with Crippen LogP contribution < -0.4 is 11.3 Å². The van der Waals surface area contributed by atoms with E-state index in [0.717, 1.165) is 11.3 Å². The normalized spacial score (nSPS) is 10.4. The standard InChI is InChI=1S/C12H13ClN4O/c1-8-11(13)6-15-17(8)7-9-4-2-3-5-10(9)12(18)16-14/h2-6H,7,14H2,1H3,(H,16,18). The lowest BCUT2D eigenvalue weighted by molar-refractivity contribution is 0.0952. The van der Waals surface area contributed by atoms with Crippen LogP contribution in [0.3, 0.4) is 0 Å². The van der Waals surface area contributed by atoms with E-state index in [4.69, 9.17) is 17.4 Å². The number of nitrogens with zero attached hydrogens (tertiary/aromatic N) is 2. The molecule has 94 valence electrons. The highest BCUT2D eigenvalue weighted by molar-refractivity contribution is 6.31. The number of aromatic nitrogens is 2. The molecule has 0 spiro atoms. The van der Waals surface area contributed by atoms with Crippen LogP contribution in [0.4, 0.5) is 0 Å². The molecule has 2 rings (SSSR count). The number of nitrogens with two attached hydrogens (primary N) is 1. The molecule has 3 N–H and O–H groups in total. The lowest BCUT2D eigenvalue weighted by Gasteiger charge is -2.09. The molecule has 0 aliphatic heterocycles. The van der Waals surface area contributed by atoms with Crippen LogP contribution in [0, 0.1) is 6.92 Å². The van der Waals surface area contributed by atoms with Crippen LogP contribution in [-0.2, 0) is 6.54 Å². The molecule has 0 fully saturated rings. The Labute approximate surface area is 110 Å². The average molecular weight is 265 g/mol. The molecule has 1 amide bonds. The second-order valence-corrected chi connectivity index (χ2v) is 4.27. The van der Waals surface area contributed by atoms with E-state index < -0.39 is 0 Å². The van der Waals surface area contributed by atoms with Crippen molar-refractivity contribution < 1.29 is 4.79 Å². The third-order valence-electron chi connectivity index (χ3n) is 2.76. The number of carbonyl (C=O) groups is 1. The zero-order chi connectivity index (χ0) is 13.1. The number of nitrogens with one attached hydrogen (secondary N) is 1. The fourth-order valence-electron chi connectivity index (χ4n) is 1.70. The Hall–Kier alpha value is -1.85. The van der Waals surface area contributed by atoms with Crippen molar-refractivity contribution in [1.29, 1.82) is 0 Å². The lowest BCUT2D eigenvalue weighted by atomic mass is 10.1. The smallest absolute Gasteiger partial charge is 0.265 e. The third kappa shape index (κ3) is 2.37. The predicted octanol–water partition coefficient (Wildman–Crippen LogP) is 1.50. The van der Waals surface area contributed by atoms with Gasteiger partial charge in [0.1, 0.15) is 0 Å². The first kappa shape index (κ1) is 12.6. The predicted molar refractivity (Wildman–Crippen MR) is 69.2 cm³/mol. The maximum absolute atomic E-state index is 11.6. The number of hydrogen-bond donors (Lipinski definition) is 2. The van der Waals surface area contributed by atoms with E-state index >= 15 is 0 Å². The van der Waals surface area contributed by atoms with E-state index in [1.165, 1.54) is 0 Å². The number of hydrazine groups is 1. The fourth-order valence-corrected chi connectivity index (χ4v) is 1.84. The number of carbonyl (C=O) groups excluding carboxylic acids is 1. The minimum Gasteiger partial charge on any atom is -0.290 e. The molecule has 0 aliphatic carbocycles. The monoisotopic (exact) mass is 264 g/mol. The van der Waals surface area contributed by atoms with Gasteiger partial charge in [0, 0.05) is 5.56 Å². The van der Waals surface area contributed by atoms with Crippen LogP contribution in [0.5, 0.6) is 0 Å². The maximum Gasteiger partial charge on any atom is 0.265 e. The molecule has 0 aliphatic rings. The Morgan fingerprint density at radius 2 is 2.22 bits per heavy atom. The molecule has 0 radical (unpaired) electrons. The zero-order valence-corrected chi connectivity index (χ0v) is 10.6. The Bertz CT molecular complexity index is 579. The number of rotatable bonds is 3. The molecule has 0 unspecified atom stereocenters. The summed E-state index contributed by atoms with van der Waals surface area (Å²) in [4.78, 5) is 11.6. The summed E-state index contributed by atoms with van der Waals surface area (Å²) in [5.41, 5.74) is 4.36. The highest BCUT2D eigenvalue weighted by atomic mass is 35.5. The molecule has 0 saturated heterocycles. The highest BCUT2D eigenvalue weighted by Gasteiger charge is 2.11. The van der Waals surface area contributed by atoms with Gasteiger partial charge >= 0.3 is 0 Å². The van der Waals surface area contributed by atoms with Gasteiger partial charge in [0.15, 0.2) is 0 Å². The first-order valence-electron chi connectivity index (χ1n) is 5.40. The Morgan fingerprint density at radius 3 is 2.83 bits per heavy atom. The van der Waals surface area contributed by atoms with Crippen LogP contribution >= 0.6 is 11.6 Å². The second kappa shape index (κ2) is 5.20. The molecule has 1 heterocycles. The molecule has 1 aromatic carbocycles. The fraction of sp³-hybridized carbons (Fsp3) is 0.167. The molecular formula is C12H13ClN4O. The number of hydrogen-bond acceptors (Lipinski definition) is 3. The molecule has 0 atom stereocenters. The summed E-state index contributed by atoms with van der Waals surface area (Å²) in [7, 11) is 0. The molecule has 1 aromatic heterocycles. The molecule has 0 saturated carbocycles. The zero-order valence-electron chi connectivity index (χ0n) is 9.85. The summed E-state index contributed by atoms with van der Waals surface area (Å²) in [6.45, 7) is 2.35. The number of amides is 1. The molecular weight excluding hydrogens is 252 g/mol. The van der Waals surface area contributed by atoms with Gasteiger partial charge in [-0.05, 0) is 18.6 Å². The van der Waals surface area contributed by atoms with E-state index in [9.17, 15) is 4.79 Å². The minimum atomic E-state index is -0.318. The topological polar surface area (TPSA) is 72.9 Å². The first-order chi connectivity index (χ1) is 8.63. The second-order valence-electron chi connectivity index (χ2n) is 3.87. The van der Waals surface area contributed by atoms with Gasteiger partial charge in [-0.2, -0.15) is 5.10 Å². The lowest BCUT2D eigenvalue weighted by Crippen LogP contribution is -2.31. The molecule has 18 heavy (non-hydrogen) atoms. The van der Waals surface area contributed by atoms with Crippen LogP contribution in [0.25, 0.3) is 0 Å². The summed E-state index contributed by atoms with van der Waals surface area (Å²) in [6.07, 6.45) is 1.59. The first-order valence-corrected chi connectivity index (χ1v) is 5.78. The van der Waals surface area contributed by atoms with E-state index in [1.807, 2.05) is 19.1 Å². The van der Waals surface area contributed by atoms with Crippen molar-refractivity contribution in [2.75, 3.05) is 0 Å². The van der Waals surface area contributed by atoms with Gasteiger partial charge in [-0.15, -0.1) is 0 Å². The summed E-state index contributed by atoms with van der Waals surface area (Å²) in [6, 6.07) is 7.23. The number of benzene rings is 1. The van der Waals surface area contributed by atoms with Gasteiger partial charge in [-0.25, -0.2) is 5.84 Å². The van der Waals surface area contributed by atoms with Gasteiger partial charge < -0.3 is 0 Å². The van der Waals surface area contributed by atoms with Crippen molar-refractivity contribution in [2.24, 2.45) is 5.84 Å². The van der Waals surface area contributed by atoms with Crippen molar-refractivity contribution in [1.82, 2.24) is 15.2 Å². The maximum atomic E-state index is 11.6. The van der Waals surface area contributed by atoms with E-state index in [-0.39, 0.29) is 5.91 Å². The van der Waals surface area contributed by atoms with Gasteiger partial charge in [0.2, 0.25) is 0 Å². The van der Waals surface area contributed by atoms with Crippen molar-refractivity contribution in [3.63, 3.8) is 0 Å². The largest absolute Gasteiger partial charge is 0.290 e. The van der Waals surface area contributed by atoms with Crippen molar-refractivity contribution in [3.8, 4) is 0 Å².